The van der Waals surface area contributed by atoms with Gasteiger partial charge in [-0.25, -0.2) is 0 Å². The zero-order valence-electron chi connectivity index (χ0n) is 13.2. The van der Waals surface area contributed by atoms with Gasteiger partial charge >= 0.3 is 0 Å². The highest BCUT2D eigenvalue weighted by Crippen LogP contribution is 2.20. The lowest BCUT2D eigenvalue weighted by Crippen LogP contribution is -2.36. The molecule has 1 atom stereocenters. The van der Waals surface area contributed by atoms with Crippen molar-refractivity contribution in [3.8, 4) is 0 Å². The van der Waals surface area contributed by atoms with Gasteiger partial charge in [-0.1, -0.05) is 30.3 Å². The normalized spacial score (nSPS) is 18.0. The van der Waals surface area contributed by atoms with E-state index in [0.29, 0.717) is 19.5 Å². The van der Waals surface area contributed by atoms with Crippen molar-refractivity contribution < 1.29 is 9.59 Å². The van der Waals surface area contributed by atoms with Crippen molar-refractivity contribution in [1.82, 2.24) is 10.2 Å². The first kappa shape index (κ1) is 16.9. The van der Waals surface area contributed by atoms with Crippen molar-refractivity contribution in [2.24, 2.45) is 5.92 Å². The predicted molar refractivity (Wildman–Crippen MR) is 90.6 cm³/mol. The molecular formula is C17H24N2O2S. The van der Waals surface area contributed by atoms with Crippen LogP contribution in [0.1, 0.15) is 25.8 Å². The van der Waals surface area contributed by atoms with E-state index in [0.717, 1.165) is 11.5 Å². The number of amides is 2. The molecule has 120 valence electrons. The standard InChI is InChI=1S/C17H24N2O2S/c1-13(2)19-11-15(10-16(19)20)17(21)18-8-9-22-12-14-6-4-3-5-7-14/h3-7,13,15H,8-12H2,1-2H3,(H,18,21)/t15-/m1/s1. The van der Waals surface area contributed by atoms with Crippen molar-refractivity contribution in [2.75, 3.05) is 18.8 Å². The van der Waals surface area contributed by atoms with Crippen molar-refractivity contribution in [2.45, 2.75) is 32.1 Å². The van der Waals surface area contributed by atoms with Gasteiger partial charge in [-0.15, -0.1) is 0 Å². The molecule has 1 aliphatic rings. The Labute approximate surface area is 136 Å². The van der Waals surface area contributed by atoms with Gasteiger partial charge in [-0.05, 0) is 19.4 Å². The van der Waals surface area contributed by atoms with Crippen molar-refractivity contribution >= 4 is 23.6 Å². The van der Waals surface area contributed by atoms with E-state index >= 15 is 0 Å². The van der Waals surface area contributed by atoms with Crippen LogP contribution in [0.2, 0.25) is 0 Å². The maximum atomic E-state index is 12.1. The molecule has 2 amide bonds. The lowest BCUT2D eigenvalue weighted by atomic mass is 10.1. The number of likely N-dealkylation sites (tertiary alicyclic amines) is 1. The minimum absolute atomic E-state index is 0.0109. The Balaban J connectivity index is 1.63. The van der Waals surface area contributed by atoms with Crippen LogP contribution in [0.3, 0.4) is 0 Å². The van der Waals surface area contributed by atoms with Gasteiger partial charge in [0.25, 0.3) is 0 Å². The molecule has 1 N–H and O–H groups in total. The number of carbonyl (C=O) groups excluding carboxylic acids is 2. The SMILES string of the molecule is CC(C)N1C[C@H](C(=O)NCCSCc2ccccc2)CC1=O. The molecule has 0 aliphatic carbocycles. The third-order valence-corrected chi connectivity index (χ3v) is 4.84. The fourth-order valence-electron chi connectivity index (χ4n) is 2.56. The molecule has 0 spiro atoms. The lowest BCUT2D eigenvalue weighted by molar-refractivity contribution is -0.129. The number of rotatable bonds is 7. The number of thioether (sulfide) groups is 1. The van der Waals surface area contributed by atoms with Gasteiger partial charge < -0.3 is 10.2 Å². The van der Waals surface area contributed by atoms with E-state index in [1.54, 1.807) is 16.7 Å². The van der Waals surface area contributed by atoms with E-state index in [4.69, 9.17) is 0 Å². The quantitative estimate of drug-likeness (QED) is 0.784. The Morgan fingerprint density at radius 2 is 2.09 bits per heavy atom. The lowest BCUT2D eigenvalue weighted by Gasteiger charge is -2.20. The summed E-state index contributed by atoms with van der Waals surface area (Å²) < 4.78 is 0. The second kappa shape index (κ2) is 8.22. The van der Waals surface area contributed by atoms with Gasteiger partial charge in [0.1, 0.15) is 0 Å². The molecule has 1 heterocycles. The van der Waals surface area contributed by atoms with E-state index in [2.05, 4.69) is 17.4 Å². The first-order valence-corrected chi connectivity index (χ1v) is 8.92. The van der Waals surface area contributed by atoms with Gasteiger partial charge in [-0.3, -0.25) is 9.59 Å². The summed E-state index contributed by atoms with van der Waals surface area (Å²) in [6.07, 6.45) is 0.348. The second-order valence-electron chi connectivity index (χ2n) is 5.87. The molecule has 0 aromatic heterocycles. The summed E-state index contributed by atoms with van der Waals surface area (Å²) in [6.45, 7) is 5.18. The van der Waals surface area contributed by atoms with E-state index < -0.39 is 0 Å². The van der Waals surface area contributed by atoms with Crippen LogP contribution in [0.5, 0.6) is 0 Å². The molecule has 1 saturated heterocycles. The van der Waals surface area contributed by atoms with Gasteiger partial charge in [-0.2, -0.15) is 11.8 Å². The summed E-state index contributed by atoms with van der Waals surface area (Å²) in [5, 5.41) is 2.95. The van der Waals surface area contributed by atoms with E-state index in [1.165, 1.54) is 5.56 Å². The molecule has 2 rings (SSSR count). The highest BCUT2D eigenvalue weighted by atomic mass is 32.2. The fourth-order valence-corrected chi connectivity index (χ4v) is 3.38. The molecular weight excluding hydrogens is 296 g/mol. The summed E-state index contributed by atoms with van der Waals surface area (Å²) in [5.74, 6) is 1.76. The van der Waals surface area contributed by atoms with Crippen LogP contribution in [0.25, 0.3) is 0 Å². The molecule has 1 fully saturated rings. The van der Waals surface area contributed by atoms with E-state index in [1.807, 2.05) is 32.0 Å². The number of benzene rings is 1. The highest BCUT2D eigenvalue weighted by Gasteiger charge is 2.35. The van der Waals surface area contributed by atoms with Crippen LogP contribution < -0.4 is 5.32 Å². The average Bonchev–Trinajstić information content (AvgIpc) is 2.90. The molecule has 1 aromatic carbocycles. The topological polar surface area (TPSA) is 49.4 Å². The fraction of sp³-hybridized carbons (Fsp3) is 0.529. The first-order valence-electron chi connectivity index (χ1n) is 7.76. The molecule has 1 aromatic rings. The first-order chi connectivity index (χ1) is 10.6. The Hall–Kier alpha value is -1.49. The maximum absolute atomic E-state index is 12.1. The summed E-state index contributed by atoms with van der Waals surface area (Å²) in [4.78, 5) is 25.7. The number of nitrogens with one attached hydrogen (secondary N) is 1. The van der Waals surface area contributed by atoms with E-state index in [9.17, 15) is 9.59 Å². The minimum atomic E-state index is -0.186. The Morgan fingerprint density at radius 3 is 2.73 bits per heavy atom. The Kier molecular flexibility index (Phi) is 6.31. The molecule has 0 radical (unpaired) electrons. The molecule has 4 nitrogen and oxygen atoms in total. The summed E-state index contributed by atoms with van der Waals surface area (Å²) in [7, 11) is 0. The number of hydrogen-bond acceptors (Lipinski definition) is 3. The maximum Gasteiger partial charge on any atom is 0.225 e. The van der Waals surface area contributed by atoms with Gasteiger partial charge in [0.2, 0.25) is 11.8 Å². The predicted octanol–water partition coefficient (Wildman–Crippen LogP) is 2.29. The highest BCUT2D eigenvalue weighted by molar-refractivity contribution is 7.98. The van der Waals surface area contributed by atoms with Crippen LogP contribution in [0.15, 0.2) is 30.3 Å². The van der Waals surface area contributed by atoms with Gasteiger partial charge in [0.15, 0.2) is 0 Å². The Bertz CT molecular complexity index is 505. The molecule has 0 unspecified atom stereocenters. The van der Waals surface area contributed by atoms with Crippen LogP contribution in [-0.4, -0.2) is 41.6 Å². The summed E-state index contributed by atoms with van der Waals surface area (Å²) in [5.41, 5.74) is 1.30. The van der Waals surface area contributed by atoms with Crippen LogP contribution >= 0.6 is 11.8 Å². The third kappa shape index (κ3) is 4.77. The molecule has 22 heavy (non-hydrogen) atoms. The van der Waals surface area contributed by atoms with Crippen molar-refractivity contribution in [1.29, 1.82) is 0 Å². The van der Waals surface area contributed by atoms with Crippen molar-refractivity contribution in [3.63, 3.8) is 0 Å². The van der Waals surface area contributed by atoms with E-state index in [-0.39, 0.29) is 23.8 Å². The van der Waals surface area contributed by atoms with Crippen LogP contribution in [0, 0.1) is 5.92 Å². The minimum Gasteiger partial charge on any atom is -0.355 e. The largest absolute Gasteiger partial charge is 0.355 e. The number of carbonyl (C=O) groups is 2. The third-order valence-electron chi connectivity index (χ3n) is 3.81. The monoisotopic (exact) mass is 320 g/mol. The van der Waals surface area contributed by atoms with Gasteiger partial charge in [0.05, 0.1) is 5.92 Å². The second-order valence-corrected chi connectivity index (χ2v) is 6.98. The summed E-state index contributed by atoms with van der Waals surface area (Å²) in [6, 6.07) is 10.5. The Morgan fingerprint density at radius 1 is 1.36 bits per heavy atom. The average molecular weight is 320 g/mol. The zero-order chi connectivity index (χ0) is 15.9. The number of nitrogens with zero attached hydrogens (tertiary/aromatic N) is 1. The summed E-state index contributed by atoms with van der Waals surface area (Å²) >= 11 is 1.80. The zero-order valence-corrected chi connectivity index (χ0v) is 14.1. The van der Waals surface area contributed by atoms with Crippen LogP contribution in [-0.2, 0) is 15.3 Å². The number of hydrogen-bond donors (Lipinski definition) is 1. The van der Waals surface area contributed by atoms with Gasteiger partial charge in [0, 0.05) is 37.1 Å². The van der Waals surface area contributed by atoms with Crippen LogP contribution in [0.4, 0.5) is 0 Å². The van der Waals surface area contributed by atoms with Crippen molar-refractivity contribution in [3.05, 3.63) is 35.9 Å². The smallest absolute Gasteiger partial charge is 0.225 e. The molecule has 1 aliphatic heterocycles. The molecule has 0 bridgehead atoms. The molecule has 5 heteroatoms. The molecule has 0 saturated carbocycles.